The fraction of sp³-hybridized carbons (Fsp3) is 0.421. The summed E-state index contributed by atoms with van der Waals surface area (Å²) in [5.74, 6) is -1.17. The zero-order chi connectivity index (χ0) is 23.6. The lowest BCUT2D eigenvalue weighted by Crippen LogP contribution is -2.42. The topological polar surface area (TPSA) is 149 Å². The van der Waals surface area contributed by atoms with Gasteiger partial charge < -0.3 is 14.4 Å². The van der Waals surface area contributed by atoms with Crippen LogP contribution in [0.3, 0.4) is 0 Å². The van der Waals surface area contributed by atoms with Gasteiger partial charge in [-0.2, -0.15) is 5.26 Å². The molecule has 0 bridgehead atoms. The van der Waals surface area contributed by atoms with E-state index in [0.29, 0.717) is 0 Å². The molecule has 1 aliphatic rings. The number of morpholine rings is 1. The van der Waals surface area contributed by atoms with Crippen molar-refractivity contribution in [2.24, 2.45) is 0 Å². The Kier molecular flexibility index (Phi) is 6.56. The van der Waals surface area contributed by atoms with E-state index in [0.717, 1.165) is 12.1 Å². The Labute approximate surface area is 183 Å². The van der Waals surface area contributed by atoms with Crippen molar-refractivity contribution >= 4 is 21.3 Å². The molecular weight excluding hydrogens is 445 g/mol. The molecule has 3 rings (SSSR count). The number of anilines is 1. The Morgan fingerprint density at radius 3 is 2.75 bits per heavy atom. The first kappa shape index (κ1) is 23.3. The fourth-order valence-corrected chi connectivity index (χ4v) is 4.87. The third kappa shape index (κ3) is 4.32. The molecule has 13 heteroatoms. The highest BCUT2D eigenvalue weighted by atomic mass is 32.2. The van der Waals surface area contributed by atoms with E-state index in [9.17, 15) is 28.2 Å². The van der Waals surface area contributed by atoms with Crippen molar-refractivity contribution in [3.63, 3.8) is 0 Å². The largest absolute Gasteiger partial charge is 0.497 e. The normalized spacial score (nSPS) is 17.5. The molecule has 11 nitrogen and oxygen atoms in total. The summed E-state index contributed by atoms with van der Waals surface area (Å²) in [6, 6.07) is 4.55. The summed E-state index contributed by atoms with van der Waals surface area (Å²) in [7, 11) is -3.49. The Hall–Kier alpha value is -3.37. The molecule has 1 saturated heterocycles. The molecule has 2 atom stereocenters. The highest BCUT2D eigenvalue weighted by Crippen LogP contribution is 2.39. The molecule has 0 spiro atoms. The zero-order valence-electron chi connectivity index (χ0n) is 17.5. The van der Waals surface area contributed by atoms with Crippen LogP contribution in [0.2, 0.25) is 0 Å². The summed E-state index contributed by atoms with van der Waals surface area (Å²) in [5, 5.41) is 19.6. The molecule has 0 amide bonds. The molecule has 0 aliphatic carbocycles. The smallest absolute Gasteiger partial charge is 0.335 e. The van der Waals surface area contributed by atoms with Crippen molar-refractivity contribution < 1.29 is 27.2 Å². The van der Waals surface area contributed by atoms with Crippen LogP contribution in [-0.4, -0.2) is 56.2 Å². The summed E-state index contributed by atoms with van der Waals surface area (Å²) in [5.41, 5.74) is -1.34. The number of hydrogen-bond donors (Lipinski definition) is 0. The van der Waals surface area contributed by atoms with E-state index >= 15 is 0 Å². The molecule has 1 fully saturated rings. The highest BCUT2D eigenvalue weighted by molar-refractivity contribution is 7.92. The predicted octanol–water partition coefficient (Wildman–Crippen LogP) is 2.10. The van der Waals surface area contributed by atoms with Crippen LogP contribution >= 0.6 is 0 Å². The lowest BCUT2D eigenvalue weighted by atomic mass is 10.2. The van der Waals surface area contributed by atoms with Crippen molar-refractivity contribution in [3.8, 4) is 11.8 Å². The second kappa shape index (κ2) is 9.01. The van der Waals surface area contributed by atoms with Crippen LogP contribution < -0.4 is 9.64 Å². The number of nitro groups is 1. The van der Waals surface area contributed by atoms with Crippen molar-refractivity contribution in [2.75, 3.05) is 31.7 Å². The van der Waals surface area contributed by atoms with Crippen LogP contribution in [0.25, 0.3) is 0 Å². The van der Waals surface area contributed by atoms with Gasteiger partial charge in [0, 0.05) is 19.2 Å². The monoisotopic (exact) mass is 465 g/mol. The molecule has 1 aromatic heterocycles. The van der Waals surface area contributed by atoms with Gasteiger partial charge in [0.1, 0.15) is 22.3 Å². The first-order valence-electron chi connectivity index (χ1n) is 9.46. The first-order chi connectivity index (χ1) is 15.1. The second-order valence-electron chi connectivity index (χ2n) is 7.06. The average molecular weight is 465 g/mol. The minimum absolute atomic E-state index is 0.0290. The van der Waals surface area contributed by atoms with Crippen LogP contribution in [0.1, 0.15) is 23.7 Å². The number of nitrogens with zero attached hydrogens (tertiary/aromatic N) is 5. The number of aryl methyl sites for hydroxylation is 1. The second-order valence-corrected chi connectivity index (χ2v) is 9.06. The maximum atomic E-state index is 14.4. The number of halogens is 1. The number of nitriles is 1. The van der Waals surface area contributed by atoms with Crippen molar-refractivity contribution in [3.05, 3.63) is 45.6 Å². The van der Waals surface area contributed by atoms with Gasteiger partial charge in [-0.1, -0.05) is 0 Å². The van der Waals surface area contributed by atoms with Gasteiger partial charge in [-0.15, -0.1) is 0 Å². The molecule has 0 radical (unpaired) electrons. The van der Waals surface area contributed by atoms with E-state index in [1.54, 1.807) is 17.9 Å². The number of rotatable bonds is 6. The Bertz CT molecular complexity index is 1200. The van der Waals surface area contributed by atoms with Crippen molar-refractivity contribution in [2.45, 2.75) is 30.1 Å². The van der Waals surface area contributed by atoms with Gasteiger partial charge in [-0.05, 0) is 26.0 Å². The Balaban J connectivity index is 2.23. The zero-order valence-corrected chi connectivity index (χ0v) is 18.3. The fourth-order valence-electron chi connectivity index (χ4n) is 3.40. The summed E-state index contributed by atoms with van der Waals surface area (Å²) in [6.45, 7) is 4.03. The molecule has 32 heavy (non-hydrogen) atoms. The van der Waals surface area contributed by atoms with Crippen molar-refractivity contribution in [1.29, 1.82) is 5.26 Å². The van der Waals surface area contributed by atoms with Crippen LogP contribution in [-0.2, 0) is 14.6 Å². The molecule has 1 aliphatic heterocycles. The molecule has 2 unspecified atom stereocenters. The summed E-state index contributed by atoms with van der Waals surface area (Å²) in [4.78, 5) is 20.0. The van der Waals surface area contributed by atoms with Crippen LogP contribution in [0.5, 0.6) is 5.75 Å². The number of hydrogen-bond acceptors (Lipinski definition) is 10. The standard InChI is InChI=1S/C19H20FN5O6S/c1-11-10-24(6-7-31-11)19-18(25(26)27)17(22-12(2)23-19)16(9-21)32(28,29)15-8-13(30-3)4-5-14(15)20/h4-5,8,11,16H,6-7,10H2,1-3H3. The van der Waals surface area contributed by atoms with E-state index in [4.69, 9.17) is 9.47 Å². The number of benzene rings is 1. The molecular formula is C19H20FN5O6S. The average Bonchev–Trinajstić information content (AvgIpc) is 2.73. The first-order valence-corrected chi connectivity index (χ1v) is 11.0. The number of methoxy groups -OCH3 is 1. The molecule has 1 aromatic carbocycles. The summed E-state index contributed by atoms with van der Waals surface area (Å²) in [6.07, 6.45) is -0.247. The van der Waals surface area contributed by atoms with Crippen molar-refractivity contribution in [1.82, 2.24) is 9.97 Å². The SMILES string of the molecule is COc1ccc(F)c(S(=O)(=O)C(C#N)c2nc(C)nc(N3CCOC(C)C3)c2[N+](=O)[O-])c1. The maximum Gasteiger partial charge on any atom is 0.335 e. The summed E-state index contributed by atoms with van der Waals surface area (Å²) >= 11 is 0. The van der Waals surface area contributed by atoms with Gasteiger partial charge in [-0.3, -0.25) is 10.1 Å². The highest BCUT2D eigenvalue weighted by Gasteiger charge is 2.41. The van der Waals surface area contributed by atoms with E-state index < -0.39 is 42.1 Å². The maximum absolute atomic E-state index is 14.4. The van der Waals surface area contributed by atoms with E-state index in [1.165, 1.54) is 20.1 Å². The van der Waals surface area contributed by atoms with Gasteiger partial charge in [-0.25, -0.2) is 22.8 Å². The van der Waals surface area contributed by atoms with Crippen LogP contribution in [0.4, 0.5) is 15.9 Å². The molecule has 2 heterocycles. The molecule has 0 saturated carbocycles. The quantitative estimate of drug-likeness (QED) is 0.458. The van der Waals surface area contributed by atoms with E-state index in [2.05, 4.69) is 9.97 Å². The predicted molar refractivity (Wildman–Crippen MR) is 110 cm³/mol. The van der Waals surface area contributed by atoms with Crippen LogP contribution in [0.15, 0.2) is 23.1 Å². The molecule has 0 N–H and O–H groups in total. The van der Waals surface area contributed by atoms with Gasteiger partial charge >= 0.3 is 5.69 Å². The number of ether oxygens (including phenoxy) is 2. The summed E-state index contributed by atoms with van der Waals surface area (Å²) < 4.78 is 51.3. The molecule has 170 valence electrons. The Morgan fingerprint density at radius 1 is 1.44 bits per heavy atom. The lowest BCUT2D eigenvalue weighted by Gasteiger charge is -2.32. The van der Waals surface area contributed by atoms with E-state index in [-0.39, 0.29) is 43.2 Å². The van der Waals surface area contributed by atoms with Gasteiger partial charge in [0.25, 0.3) is 0 Å². The third-order valence-electron chi connectivity index (χ3n) is 4.85. The minimum Gasteiger partial charge on any atom is -0.497 e. The van der Waals surface area contributed by atoms with Gasteiger partial charge in [0.15, 0.2) is 5.69 Å². The Morgan fingerprint density at radius 2 is 2.16 bits per heavy atom. The third-order valence-corrected chi connectivity index (χ3v) is 6.72. The number of sulfone groups is 1. The molecule has 2 aromatic rings. The number of aromatic nitrogens is 2. The van der Waals surface area contributed by atoms with Crippen LogP contribution in [0, 0.1) is 34.2 Å². The van der Waals surface area contributed by atoms with Gasteiger partial charge in [0.05, 0.1) is 30.8 Å². The minimum atomic E-state index is -4.75. The van der Waals surface area contributed by atoms with Gasteiger partial charge in [0.2, 0.25) is 20.9 Å². The van der Waals surface area contributed by atoms with E-state index in [1.807, 2.05) is 0 Å². The lowest BCUT2D eigenvalue weighted by molar-refractivity contribution is -0.385.